The van der Waals surface area contributed by atoms with Gasteiger partial charge in [0.1, 0.15) is 0 Å². The zero-order chi connectivity index (χ0) is 13.5. The van der Waals surface area contributed by atoms with Crippen LogP contribution in [0, 0.1) is 0 Å². The second-order valence-corrected chi connectivity index (χ2v) is 4.94. The van der Waals surface area contributed by atoms with E-state index < -0.39 is 0 Å². The first-order valence-corrected chi connectivity index (χ1v) is 6.48. The van der Waals surface area contributed by atoms with E-state index in [1.165, 1.54) is 11.1 Å². The molecule has 4 rings (SSSR count). The summed E-state index contributed by atoms with van der Waals surface area (Å²) in [6.07, 6.45) is 5.42. The zero-order valence-corrected chi connectivity index (χ0v) is 10.7. The number of anilines is 2. The smallest absolute Gasteiger partial charge is 0.199 e. The summed E-state index contributed by atoms with van der Waals surface area (Å²) in [4.78, 5) is 4.15. The van der Waals surface area contributed by atoms with Gasteiger partial charge in [0.05, 0.1) is 18.4 Å². The van der Waals surface area contributed by atoms with E-state index in [4.69, 9.17) is 5.73 Å². The van der Waals surface area contributed by atoms with Crippen LogP contribution in [0.4, 0.5) is 11.5 Å². The van der Waals surface area contributed by atoms with Gasteiger partial charge in [-0.15, -0.1) is 5.10 Å². The molecule has 0 saturated heterocycles. The summed E-state index contributed by atoms with van der Waals surface area (Å²) in [6.45, 7) is 0. The minimum atomic E-state index is 0.238. The van der Waals surface area contributed by atoms with Crippen LogP contribution in [0.3, 0.4) is 0 Å². The van der Waals surface area contributed by atoms with Crippen molar-refractivity contribution in [3.63, 3.8) is 0 Å². The van der Waals surface area contributed by atoms with Crippen LogP contribution in [0.5, 0.6) is 0 Å². The molecule has 1 aromatic carbocycles. The van der Waals surface area contributed by atoms with Gasteiger partial charge < -0.3 is 11.1 Å². The number of hydrogen-bond donors (Lipinski definition) is 2. The van der Waals surface area contributed by atoms with Gasteiger partial charge in [0, 0.05) is 5.69 Å². The second-order valence-electron chi connectivity index (χ2n) is 4.94. The van der Waals surface area contributed by atoms with E-state index in [1.807, 2.05) is 12.1 Å². The number of fused-ring (bicyclic) bond motifs is 2. The van der Waals surface area contributed by atoms with E-state index in [-0.39, 0.29) is 6.04 Å². The van der Waals surface area contributed by atoms with E-state index in [1.54, 1.807) is 16.9 Å². The van der Waals surface area contributed by atoms with Gasteiger partial charge in [-0.05, 0) is 46.5 Å². The number of nitrogen functional groups attached to an aromatic ring is 1. The van der Waals surface area contributed by atoms with Crippen molar-refractivity contribution in [1.29, 1.82) is 0 Å². The van der Waals surface area contributed by atoms with E-state index in [0.29, 0.717) is 5.65 Å². The number of rotatable bonds is 2. The number of tetrazole rings is 1. The van der Waals surface area contributed by atoms with Crippen molar-refractivity contribution in [3.8, 4) is 0 Å². The summed E-state index contributed by atoms with van der Waals surface area (Å²) < 4.78 is 1.66. The molecule has 7 heteroatoms. The van der Waals surface area contributed by atoms with Crippen LogP contribution in [0.25, 0.3) is 5.65 Å². The molecule has 3 N–H and O–H groups in total. The number of benzene rings is 1. The Morgan fingerprint density at radius 1 is 1.30 bits per heavy atom. The van der Waals surface area contributed by atoms with Gasteiger partial charge in [-0.25, -0.2) is 0 Å². The van der Waals surface area contributed by atoms with Gasteiger partial charge >= 0.3 is 0 Å². The predicted octanol–water partition coefficient (Wildman–Crippen LogP) is 1.20. The summed E-state index contributed by atoms with van der Waals surface area (Å²) in [7, 11) is 0. The summed E-state index contributed by atoms with van der Waals surface area (Å²) in [6, 6.07) is 6.31. The molecule has 0 radical (unpaired) electrons. The number of nitrogens with one attached hydrogen (secondary N) is 1. The zero-order valence-electron chi connectivity index (χ0n) is 10.7. The molecule has 2 aromatic heterocycles. The first-order chi connectivity index (χ1) is 9.81. The molecule has 0 bridgehead atoms. The Morgan fingerprint density at radius 3 is 3.20 bits per heavy atom. The van der Waals surface area contributed by atoms with Crippen molar-refractivity contribution in [2.24, 2.45) is 0 Å². The van der Waals surface area contributed by atoms with Crippen molar-refractivity contribution in [2.75, 3.05) is 11.1 Å². The molecule has 1 unspecified atom stereocenters. The Morgan fingerprint density at radius 2 is 2.25 bits per heavy atom. The molecule has 2 heterocycles. The van der Waals surface area contributed by atoms with Crippen molar-refractivity contribution < 1.29 is 0 Å². The Balaban J connectivity index is 1.70. The van der Waals surface area contributed by atoms with Crippen LogP contribution < -0.4 is 11.1 Å². The second kappa shape index (κ2) is 4.16. The third kappa shape index (κ3) is 1.67. The highest BCUT2D eigenvalue weighted by molar-refractivity contribution is 5.51. The van der Waals surface area contributed by atoms with Crippen molar-refractivity contribution >= 4 is 17.2 Å². The predicted molar refractivity (Wildman–Crippen MR) is 74.1 cm³/mol. The van der Waals surface area contributed by atoms with Crippen molar-refractivity contribution in [1.82, 2.24) is 25.0 Å². The topological polar surface area (TPSA) is 94.0 Å². The lowest BCUT2D eigenvalue weighted by Gasteiger charge is -2.15. The monoisotopic (exact) mass is 267 g/mol. The normalized spacial score (nSPS) is 17.3. The molecule has 1 atom stereocenters. The highest BCUT2D eigenvalue weighted by Gasteiger charge is 2.23. The number of aryl methyl sites for hydroxylation is 1. The van der Waals surface area contributed by atoms with Gasteiger partial charge in [0.2, 0.25) is 0 Å². The van der Waals surface area contributed by atoms with Crippen LogP contribution >= 0.6 is 0 Å². The lowest BCUT2D eigenvalue weighted by atomic mass is 10.1. The summed E-state index contributed by atoms with van der Waals surface area (Å²) in [5.41, 5.74) is 9.86. The van der Waals surface area contributed by atoms with Gasteiger partial charge in [-0.2, -0.15) is 4.52 Å². The first-order valence-electron chi connectivity index (χ1n) is 6.48. The van der Waals surface area contributed by atoms with Gasteiger partial charge in [-0.3, -0.25) is 4.98 Å². The van der Waals surface area contributed by atoms with Crippen molar-refractivity contribution in [2.45, 2.75) is 18.9 Å². The van der Waals surface area contributed by atoms with E-state index in [2.05, 4.69) is 31.9 Å². The highest BCUT2D eigenvalue weighted by atomic mass is 15.5. The van der Waals surface area contributed by atoms with Crippen LogP contribution in [0.15, 0.2) is 30.6 Å². The Bertz CT molecular complexity index is 779. The fourth-order valence-corrected chi connectivity index (χ4v) is 2.74. The SMILES string of the molecule is Nc1ccc2c(c1)CCC2Nc1cncc2nnnn12. The molecule has 0 spiro atoms. The fourth-order valence-electron chi connectivity index (χ4n) is 2.74. The fraction of sp³-hybridized carbons (Fsp3) is 0.231. The van der Waals surface area contributed by atoms with Gasteiger partial charge in [-0.1, -0.05) is 6.07 Å². The molecule has 0 aliphatic heterocycles. The molecule has 7 nitrogen and oxygen atoms in total. The summed E-state index contributed by atoms with van der Waals surface area (Å²) in [5, 5.41) is 15.0. The number of nitrogens with two attached hydrogens (primary N) is 1. The van der Waals surface area contributed by atoms with Crippen LogP contribution in [-0.2, 0) is 6.42 Å². The van der Waals surface area contributed by atoms with Crippen molar-refractivity contribution in [3.05, 3.63) is 41.7 Å². The quantitative estimate of drug-likeness (QED) is 0.678. The van der Waals surface area contributed by atoms with Crippen LogP contribution in [0.1, 0.15) is 23.6 Å². The minimum Gasteiger partial charge on any atom is -0.399 e. The van der Waals surface area contributed by atoms with Gasteiger partial charge in [0.15, 0.2) is 11.5 Å². The molecular weight excluding hydrogens is 254 g/mol. The maximum absolute atomic E-state index is 5.83. The lowest BCUT2D eigenvalue weighted by Crippen LogP contribution is -2.11. The van der Waals surface area contributed by atoms with E-state index >= 15 is 0 Å². The number of aromatic nitrogens is 5. The maximum Gasteiger partial charge on any atom is 0.199 e. The highest BCUT2D eigenvalue weighted by Crippen LogP contribution is 2.34. The molecule has 3 aromatic rings. The standard InChI is InChI=1S/C13H13N7/c14-9-2-3-10-8(5-9)1-4-11(10)16-12-6-15-7-13-17-18-19-20(12)13/h2-3,5-7,11,16H,1,4,14H2. The molecule has 0 saturated carbocycles. The molecule has 0 fully saturated rings. The third-order valence-electron chi connectivity index (χ3n) is 3.68. The average molecular weight is 267 g/mol. The molecule has 1 aliphatic rings. The number of hydrogen-bond acceptors (Lipinski definition) is 6. The average Bonchev–Trinajstić information content (AvgIpc) is 3.06. The largest absolute Gasteiger partial charge is 0.399 e. The molecular formula is C13H13N7. The lowest BCUT2D eigenvalue weighted by molar-refractivity contribution is 0.738. The Hall–Kier alpha value is -2.70. The Labute approximate surface area is 114 Å². The third-order valence-corrected chi connectivity index (χ3v) is 3.68. The molecule has 0 amide bonds. The number of nitrogens with zero attached hydrogens (tertiary/aromatic N) is 5. The molecule has 20 heavy (non-hydrogen) atoms. The molecule has 100 valence electrons. The van der Waals surface area contributed by atoms with Gasteiger partial charge in [0.25, 0.3) is 0 Å². The molecule has 1 aliphatic carbocycles. The van der Waals surface area contributed by atoms with Crippen LogP contribution in [0.2, 0.25) is 0 Å². The van der Waals surface area contributed by atoms with E-state index in [0.717, 1.165) is 24.3 Å². The minimum absolute atomic E-state index is 0.238. The maximum atomic E-state index is 5.83. The van der Waals surface area contributed by atoms with Crippen LogP contribution in [-0.4, -0.2) is 25.0 Å². The first kappa shape index (κ1) is 11.2. The summed E-state index contributed by atoms with van der Waals surface area (Å²) in [5.74, 6) is 0.794. The van der Waals surface area contributed by atoms with E-state index in [9.17, 15) is 0 Å². The summed E-state index contributed by atoms with van der Waals surface area (Å²) >= 11 is 0. The Kier molecular flexibility index (Phi) is 2.32.